The summed E-state index contributed by atoms with van der Waals surface area (Å²) in [5, 5.41) is 0.819. The van der Waals surface area contributed by atoms with E-state index in [0.717, 1.165) is 36.5 Å². The molecule has 0 spiro atoms. The highest BCUT2D eigenvalue weighted by atomic mass is 35.5. The molecule has 1 unspecified atom stereocenters. The van der Waals surface area contributed by atoms with Crippen LogP contribution in [0.1, 0.15) is 30.7 Å². The normalized spacial score (nSPS) is 12.7. The second-order valence-electron chi connectivity index (χ2n) is 3.86. The molecule has 90 valence electrons. The summed E-state index contributed by atoms with van der Waals surface area (Å²) in [6, 6.07) is 7.94. The highest BCUT2D eigenvalue weighted by Crippen LogP contribution is 2.29. The fourth-order valence-electron chi connectivity index (χ4n) is 1.76. The molecular formula is C13H18Cl2O. The van der Waals surface area contributed by atoms with Gasteiger partial charge in [0.25, 0.3) is 0 Å². The highest BCUT2D eigenvalue weighted by Gasteiger charge is 2.12. The Kier molecular flexibility index (Phi) is 6.86. The number of hydrogen-bond donors (Lipinski definition) is 0. The Morgan fingerprint density at radius 1 is 1.25 bits per heavy atom. The van der Waals surface area contributed by atoms with Gasteiger partial charge in [0.2, 0.25) is 0 Å². The zero-order chi connectivity index (χ0) is 11.8. The maximum atomic E-state index is 6.15. The molecule has 0 bridgehead atoms. The van der Waals surface area contributed by atoms with Gasteiger partial charge in [-0.15, -0.1) is 11.6 Å². The van der Waals surface area contributed by atoms with Crippen LogP contribution in [0, 0.1) is 0 Å². The van der Waals surface area contributed by atoms with Crippen LogP contribution in [0.15, 0.2) is 24.3 Å². The Hall–Kier alpha value is -0.240. The molecule has 0 aliphatic rings. The van der Waals surface area contributed by atoms with Gasteiger partial charge in [-0.2, -0.15) is 0 Å². The number of alkyl halides is 1. The molecule has 1 rings (SSSR count). The van der Waals surface area contributed by atoms with E-state index in [9.17, 15) is 0 Å². The van der Waals surface area contributed by atoms with Gasteiger partial charge in [-0.25, -0.2) is 0 Å². The van der Waals surface area contributed by atoms with Gasteiger partial charge in [-0.1, -0.05) is 36.2 Å². The van der Waals surface area contributed by atoms with Crippen LogP contribution in [0.3, 0.4) is 0 Å². The van der Waals surface area contributed by atoms with Gasteiger partial charge >= 0.3 is 0 Å². The number of halogens is 2. The second kappa shape index (κ2) is 7.94. The SMILES string of the molecule is COCCCCC(CCl)c1ccccc1Cl. The number of ether oxygens (including phenoxy) is 1. The lowest BCUT2D eigenvalue weighted by Gasteiger charge is -2.15. The Morgan fingerprint density at radius 2 is 2.00 bits per heavy atom. The lowest BCUT2D eigenvalue weighted by Crippen LogP contribution is -2.02. The van der Waals surface area contributed by atoms with Crippen LogP contribution in [0.4, 0.5) is 0 Å². The van der Waals surface area contributed by atoms with E-state index >= 15 is 0 Å². The van der Waals surface area contributed by atoms with Crippen molar-refractivity contribution in [1.29, 1.82) is 0 Å². The molecule has 0 radical (unpaired) electrons. The zero-order valence-corrected chi connectivity index (χ0v) is 11.1. The predicted octanol–water partition coefficient (Wildman–Crippen LogP) is 4.48. The van der Waals surface area contributed by atoms with Gasteiger partial charge in [-0.3, -0.25) is 0 Å². The van der Waals surface area contributed by atoms with Gasteiger partial charge in [0, 0.05) is 24.6 Å². The van der Waals surface area contributed by atoms with E-state index < -0.39 is 0 Å². The van der Waals surface area contributed by atoms with Crippen LogP contribution < -0.4 is 0 Å². The van der Waals surface area contributed by atoms with Crippen molar-refractivity contribution < 1.29 is 4.74 Å². The molecule has 0 fully saturated rings. The first-order valence-corrected chi connectivity index (χ1v) is 6.50. The van der Waals surface area contributed by atoms with E-state index in [1.807, 2.05) is 18.2 Å². The molecule has 0 amide bonds. The summed E-state index contributed by atoms with van der Waals surface area (Å²) in [6.07, 6.45) is 3.27. The van der Waals surface area contributed by atoms with E-state index in [4.69, 9.17) is 27.9 Å². The van der Waals surface area contributed by atoms with E-state index in [-0.39, 0.29) is 0 Å². The fourth-order valence-corrected chi connectivity index (χ4v) is 2.37. The number of hydrogen-bond acceptors (Lipinski definition) is 1. The quantitative estimate of drug-likeness (QED) is 0.519. The summed E-state index contributed by atoms with van der Waals surface area (Å²) in [5.41, 5.74) is 1.16. The first kappa shape index (κ1) is 13.8. The van der Waals surface area contributed by atoms with Crippen molar-refractivity contribution in [2.45, 2.75) is 25.2 Å². The highest BCUT2D eigenvalue weighted by molar-refractivity contribution is 6.31. The van der Waals surface area contributed by atoms with Crippen molar-refractivity contribution in [3.63, 3.8) is 0 Å². The van der Waals surface area contributed by atoms with E-state index in [0.29, 0.717) is 11.8 Å². The molecule has 0 saturated carbocycles. The van der Waals surface area contributed by atoms with Gasteiger partial charge in [0.15, 0.2) is 0 Å². The minimum atomic E-state index is 0.354. The molecule has 3 heteroatoms. The average molecular weight is 261 g/mol. The minimum absolute atomic E-state index is 0.354. The fraction of sp³-hybridized carbons (Fsp3) is 0.538. The Balaban J connectivity index is 2.51. The first-order valence-electron chi connectivity index (χ1n) is 5.59. The standard InChI is InChI=1S/C13H18Cl2O/c1-16-9-5-4-6-11(10-14)12-7-2-3-8-13(12)15/h2-3,7-8,11H,4-6,9-10H2,1H3. The first-order chi connectivity index (χ1) is 7.79. The van der Waals surface area contributed by atoms with Gasteiger partial charge in [0.05, 0.1) is 0 Å². The molecule has 0 N–H and O–H groups in total. The molecule has 0 saturated heterocycles. The van der Waals surface area contributed by atoms with Crippen LogP contribution in [0.5, 0.6) is 0 Å². The smallest absolute Gasteiger partial charge is 0.0462 e. The zero-order valence-electron chi connectivity index (χ0n) is 9.59. The van der Waals surface area contributed by atoms with Gasteiger partial charge < -0.3 is 4.74 Å². The van der Waals surface area contributed by atoms with Crippen molar-refractivity contribution >= 4 is 23.2 Å². The van der Waals surface area contributed by atoms with Crippen LogP contribution in [-0.4, -0.2) is 19.6 Å². The van der Waals surface area contributed by atoms with E-state index in [1.54, 1.807) is 7.11 Å². The summed E-state index contributed by atoms with van der Waals surface area (Å²) in [6.45, 7) is 0.817. The molecule has 1 atom stereocenters. The monoisotopic (exact) mass is 260 g/mol. The molecule has 0 aromatic heterocycles. The minimum Gasteiger partial charge on any atom is -0.385 e. The summed E-state index contributed by atoms with van der Waals surface area (Å²) in [7, 11) is 1.73. The van der Waals surface area contributed by atoms with Crippen LogP contribution in [-0.2, 0) is 4.74 Å². The molecule has 1 nitrogen and oxygen atoms in total. The van der Waals surface area contributed by atoms with Crippen molar-refractivity contribution in [3.05, 3.63) is 34.9 Å². The van der Waals surface area contributed by atoms with Gasteiger partial charge in [0.1, 0.15) is 0 Å². The third-order valence-electron chi connectivity index (χ3n) is 2.68. The molecule has 0 aliphatic carbocycles. The average Bonchev–Trinajstić information content (AvgIpc) is 2.31. The Bertz CT molecular complexity index is 302. The van der Waals surface area contributed by atoms with E-state index in [2.05, 4.69) is 6.07 Å². The maximum absolute atomic E-state index is 6.15. The van der Waals surface area contributed by atoms with Gasteiger partial charge in [-0.05, 0) is 30.4 Å². The Morgan fingerprint density at radius 3 is 2.62 bits per heavy atom. The molecular weight excluding hydrogens is 243 g/mol. The number of methoxy groups -OCH3 is 1. The third kappa shape index (κ3) is 4.32. The molecule has 0 aliphatic heterocycles. The molecule has 1 aromatic rings. The van der Waals surface area contributed by atoms with Crippen LogP contribution in [0.2, 0.25) is 5.02 Å². The van der Waals surface area contributed by atoms with E-state index in [1.165, 1.54) is 0 Å². The van der Waals surface area contributed by atoms with Crippen LogP contribution in [0.25, 0.3) is 0 Å². The predicted molar refractivity (Wildman–Crippen MR) is 70.6 cm³/mol. The Labute approximate surface area is 108 Å². The second-order valence-corrected chi connectivity index (χ2v) is 4.58. The summed E-state index contributed by atoms with van der Waals surface area (Å²) in [5.74, 6) is 0.976. The van der Waals surface area contributed by atoms with Crippen molar-refractivity contribution in [2.24, 2.45) is 0 Å². The topological polar surface area (TPSA) is 9.23 Å². The van der Waals surface area contributed by atoms with Crippen LogP contribution >= 0.6 is 23.2 Å². The van der Waals surface area contributed by atoms with Crippen molar-refractivity contribution in [2.75, 3.05) is 19.6 Å². The largest absolute Gasteiger partial charge is 0.385 e. The molecule has 0 heterocycles. The van der Waals surface area contributed by atoms with Crippen molar-refractivity contribution in [3.8, 4) is 0 Å². The lowest BCUT2D eigenvalue weighted by atomic mass is 9.95. The molecule has 16 heavy (non-hydrogen) atoms. The summed E-state index contributed by atoms with van der Waals surface area (Å²) in [4.78, 5) is 0. The number of rotatable bonds is 7. The third-order valence-corrected chi connectivity index (χ3v) is 3.40. The number of benzene rings is 1. The van der Waals surface area contributed by atoms with Crippen molar-refractivity contribution in [1.82, 2.24) is 0 Å². The molecule has 1 aromatic carbocycles. The number of unbranched alkanes of at least 4 members (excludes halogenated alkanes) is 1. The maximum Gasteiger partial charge on any atom is 0.0462 e. The summed E-state index contributed by atoms with van der Waals surface area (Å²) < 4.78 is 5.03. The lowest BCUT2D eigenvalue weighted by molar-refractivity contribution is 0.191. The summed E-state index contributed by atoms with van der Waals surface area (Å²) >= 11 is 12.2.